The fourth-order valence-corrected chi connectivity index (χ4v) is 1.20. The molecule has 5 heteroatoms. The third kappa shape index (κ3) is 2.99. The van der Waals surface area contributed by atoms with Crippen LogP contribution in [-0.2, 0) is 14.3 Å². The van der Waals surface area contributed by atoms with Crippen LogP contribution in [-0.4, -0.2) is 24.9 Å². The summed E-state index contributed by atoms with van der Waals surface area (Å²) in [4.78, 5) is 22.2. The second-order valence-corrected chi connectivity index (χ2v) is 4.10. The van der Waals surface area contributed by atoms with E-state index < -0.39 is 17.1 Å². The van der Waals surface area contributed by atoms with Gasteiger partial charge in [-0.1, -0.05) is 0 Å². The number of carbonyl (C=O) groups is 1. The van der Waals surface area contributed by atoms with Crippen LogP contribution in [0.5, 0.6) is 0 Å². The van der Waals surface area contributed by atoms with Crippen LogP contribution in [0.3, 0.4) is 0 Å². The summed E-state index contributed by atoms with van der Waals surface area (Å²) in [5.41, 5.74) is -2.40. The summed E-state index contributed by atoms with van der Waals surface area (Å²) in [6.07, 6.45) is 0.580. The molecule has 0 N–H and O–H groups in total. The van der Waals surface area contributed by atoms with Gasteiger partial charge >= 0.3 is 5.97 Å². The Labute approximate surface area is 89.1 Å². The maximum atomic E-state index is 11.5. The predicted octanol–water partition coefficient (Wildman–Crippen LogP) is 1.48. The smallest absolute Gasteiger partial charge is 0.314 e. The SMILES string of the molecule is [CH2]C([CH2])(C)C(=O)OC1(N=O)CCOCC1. The lowest BCUT2D eigenvalue weighted by atomic mass is 9.96. The van der Waals surface area contributed by atoms with E-state index in [0.717, 1.165) is 0 Å². The Hall–Kier alpha value is -0.970. The van der Waals surface area contributed by atoms with E-state index in [0.29, 0.717) is 26.1 Å². The summed E-state index contributed by atoms with van der Waals surface area (Å²) in [5, 5.41) is 2.90. The van der Waals surface area contributed by atoms with Crippen molar-refractivity contribution in [1.82, 2.24) is 0 Å². The number of carbonyl (C=O) groups excluding carboxylic acids is 1. The number of esters is 1. The molecular weight excluding hydrogens is 198 g/mol. The Morgan fingerprint density at radius 1 is 1.47 bits per heavy atom. The Morgan fingerprint density at radius 3 is 2.40 bits per heavy atom. The first-order chi connectivity index (χ1) is 6.90. The van der Waals surface area contributed by atoms with E-state index in [2.05, 4.69) is 19.0 Å². The van der Waals surface area contributed by atoms with Gasteiger partial charge in [0, 0.05) is 12.8 Å². The van der Waals surface area contributed by atoms with Crippen molar-refractivity contribution in [2.75, 3.05) is 13.2 Å². The molecule has 0 atom stereocenters. The van der Waals surface area contributed by atoms with Crippen LogP contribution in [0.4, 0.5) is 0 Å². The molecule has 0 amide bonds. The van der Waals surface area contributed by atoms with Crippen LogP contribution in [0, 0.1) is 24.2 Å². The molecule has 0 saturated carbocycles. The fourth-order valence-electron chi connectivity index (χ4n) is 1.20. The average Bonchev–Trinajstić information content (AvgIpc) is 2.18. The fraction of sp³-hybridized carbons (Fsp3) is 0.700. The quantitative estimate of drug-likeness (QED) is 0.526. The highest BCUT2D eigenvalue weighted by Gasteiger charge is 2.40. The molecule has 1 fully saturated rings. The summed E-state index contributed by atoms with van der Waals surface area (Å²) in [5.74, 6) is -0.621. The highest BCUT2D eigenvalue weighted by atomic mass is 16.6. The molecule has 1 aliphatic rings. The van der Waals surface area contributed by atoms with Gasteiger partial charge in [-0.05, 0) is 25.9 Å². The predicted molar refractivity (Wildman–Crippen MR) is 53.5 cm³/mol. The molecular formula is C10H15NO4. The van der Waals surface area contributed by atoms with Crippen LogP contribution in [0.2, 0.25) is 0 Å². The van der Waals surface area contributed by atoms with E-state index in [4.69, 9.17) is 9.47 Å². The number of hydrogen-bond acceptors (Lipinski definition) is 5. The molecule has 0 aromatic heterocycles. The first kappa shape index (κ1) is 12.1. The largest absolute Gasteiger partial charge is 0.433 e. The van der Waals surface area contributed by atoms with Crippen molar-refractivity contribution in [3.63, 3.8) is 0 Å². The Morgan fingerprint density at radius 2 is 2.00 bits per heavy atom. The maximum absolute atomic E-state index is 11.5. The van der Waals surface area contributed by atoms with Gasteiger partial charge in [0.2, 0.25) is 5.72 Å². The van der Waals surface area contributed by atoms with Crippen molar-refractivity contribution < 1.29 is 14.3 Å². The normalized spacial score (nSPS) is 20.7. The minimum atomic E-state index is -1.29. The number of hydrogen-bond donors (Lipinski definition) is 0. The van der Waals surface area contributed by atoms with Crippen LogP contribution in [0.1, 0.15) is 19.8 Å². The molecule has 5 nitrogen and oxygen atoms in total. The highest BCUT2D eigenvalue weighted by Crippen LogP contribution is 2.29. The monoisotopic (exact) mass is 213 g/mol. The lowest BCUT2D eigenvalue weighted by Gasteiger charge is -2.32. The lowest BCUT2D eigenvalue weighted by molar-refractivity contribution is -0.175. The van der Waals surface area contributed by atoms with Crippen molar-refractivity contribution in [3.05, 3.63) is 18.8 Å². The summed E-state index contributed by atoms with van der Waals surface area (Å²) in [7, 11) is 0. The molecule has 1 aliphatic heterocycles. The van der Waals surface area contributed by atoms with E-state index in [-0.39, 0.29) is 0 Å². The molecule has 1 rings (SSSR count). The molecule has 0 spiro atoms. The van der Waals surface area contributed by atoms with Gasteiger partial charge in [0.25, 0.3) is 0 Å². The molecule has 0 aliphatic carbocycles. The van der Waals surface area contributed by atoms with Crippen molar-refractivity contribution in [2.45, 2.75) is 25.5 Å². The zero-order valence-electron chi connectivity index (χ0n) is 8.82. The zero-order chi connectivity index (χ0) is 11.5. The van der Waals surface area contributed by atoms with Gasteiger partial charge in [-0.15, -0.1) is 4.91 Å². The zero-order valence-corrected chi connectivity index (χ0v) is 8.82. The van der Waals surface area contributed by atoms with E-state index in [1.807, 2.05) is 0 Å². The third-order valence-electron chi connectivity index (χ3n) is 2.22. The molecule has 2 radical (unpaired) electrons. The summed E-state index contributed by atoms with van der Waals surface area (Å²) < 4.78 is 10.1. The molecule has 0 unspecified atom stereocenters. The second kappa shape index (κ2) is 4.26. The van der Waals surface area contributed by atoms with E-state index in [1.165, 1.54) is 6.92 Å². The number of nitroso groups, excluding NO2 is 1. The first-order valence-electron chi connectivity index (χ1n) is 4.76. The third-order valence-corrected chi connectivity index (χ3v) is 2.22. The summed E-state index contributed by atoms with van der Waals surface area (Å²) in [6.45, 7) is 9.33. The van der Waals surface area contributed by atoms with Crippen molar-refractivity contribution in [2.24, 2.45) is 10.6 Å². The Bertz CT molecular complexity index is 251. The number of nitrogens with zero attached hydrogens (tertiary/aromatic N) is 1. The standard InChI is InChI=1S/C10H15NO4/c1-9(2,3)8(12)15-10(11-13)4-6-14-7-5-10/h1-2,4-7H2,3H3. The van der Waals surface area contributed by atoms with Crippen molar-refractivity contribution >= 4 is 5.97 Å². The van der Waals surface area contributed by atoms with E-state index in [9.17, 15) is 9.70 Å². The first-order valence-corrected chi connectivity index (χ1v) is 4.76. The molecule has 84 valence electrons. The minimum absolute atomic E-state index is 0.290. The number of ether oxygens (including phenoxy) is 2. The molecule has 1 saturated heterocycles. The molecule has 0 aromatic carbocycles. The van der Waals surface area contributed by atoms with E-state index in [1.54, 1.807) is 0 Å². The van der Waals surface area contributed by atoms with Gasteiger partial charge in [0.1, 0.15) is 0 Å². The highest BCUT2D eigenvalue weighted by molar-refractivity contribution is 5.78. The summed E-state index contributed by atoms with van der Waals surface area (Å²) >= 11 is 0. The molecule has 15 heavy (non-hydrogen) atoms. The van der Waals surface area contributed by atoms with Gasteiger partial charge in [0.05, 0.1) is 18.6 Å². The van der Waals surface area contributed by atoms with Gasteiger partial charge in [-0.2, -0.15) is 0 Å². The second-order valence-electron chi connectivity index (χ2n) is 4.10. The Balaban J connectivity index is 2.68. The van der Waals surface area contributed by atoms with Gasteiger partial charge in [0.15, 0.2) is 0 Å². The van der Waals surface area contributed by atoms with Crippen LogP contribution in [0.25, 0.3) is 0 Å². The van der Waals surface area contributed by atoms with Crippen LogP contribution < -0.4 is 0 Å². The van der Waals surface area contributed by atoms with Gasteiger partial charge < -0.3 is 9.47 Å². The van der Waals surface area contributed by atoms with Gasteiger partial charge in [-0.3, -0.25) is 4.79 Å². The van der Waals surface area contributed by atoms with Crippen LogP contribution >= 0.6 is 0 Å². The molecule has 0 aromatic rings. The van der Waals surface area contributed by atoms with Gasteiger partial charge in [-0.25, -0.2) is 0 Å². The van der Waals surface area contributed by atoms with Crippen molar-refractivity contribution in [1.29, 1.82) is 0 Å². The average molecular weight is 213 g/mol. The maximum Gasteiger partial charge on any atom is 0.314 e. The summed E-state index contributed by atoms with van der Waals surface area (Å²) in [6, 6.07) is 0. The lowest BCUT2D eigenvalue weighted by Crippen LogP contribution is -2.41. The van der Waals surface area contributed by atoms with Crippen LogP contribution in [0.15, 0.2) is 5.18 Å². The minimum Gasteiger partial charge on any atom is -0.433 e. The van der Waals surface area contributed by atoms with E-state index >= 15 is 0 Å². The Kier molecular flexibility index (Phi) is 3.44. The molecule has 0 bridgehead atoms. The number of rotatable bonds is 3. The molecule has 1 heterocycles. The van der Waals surface area contributed by atoms with Crippen molar-refractivity contribution in [3.8, 4) is 0 Å². The topological polar surface area (TPSA) is 65.0 Å².